The number of allylic oxidation sites excluding steroid dienone is 1. The van der Waals surface area contributed by atoms with E-state index in [1.54, 1.807) is 0 Å². The first-order valence-corrected chi connectivity index (χ1v) is 8.49. The van der Waals surface area contributed by atoms with Gasteiger partial charge in [-0.2, -0.15) is 0 Å². The maximum Gasteiger partial charge on any atom is 0.0724 e. The molecule has 2 nitrogen and oxygen atoms in total. The number of hydrogen-bond acceptors (Lipinski definition) is 2. The zero-order valence-corrected chi connectivity index (χ0v) is 12.8. The van der Waals surface area contributed by atoms with Crippen molar-refractivity contribution in [1.29, 1.82) is 0 Å². The highest BCUT2D eigenvalue weighted by Gasteiger charge is 2.58. The van der Waals surface area contributed by atoms with Gasteiger partial charge in [0.15, 0.2) is 0 Å². The fourth-order valence-corrected chi connectivity index (χ4v) is 5.97. The summed E-state index contributed by atoms with van der Waals surface area (Å²) >= 11 is 0. The van der Waals surface area contributed by atoms with Gasteiger partial charge in [-0.05, 0) is 79.9 Å². The summed E-state index contributed by atoms with van der Waals surface area (Å²) in [5.74, 6) is 0.148. The van der Waals surface area contributed by atoms with E-state index in [4.69, 9.17) is 6.85 Å². The van der Waals surface area contributed by atoms with E-state index in [1.165, 1.54) is 5.57 Å². The van der Waals surface area contributed by atoms with Crippen LogP contribution in [0.15, 0.2) is 11.6 Å². The van der Waals surface area contributed by atoms with Gasteiger partial charge < -0.3 is 10.2 Å². The van der Waals surface area contributed by atoms with E-state index in [1.807, 2.05) is 6.08 Å². The molecule has 0 aliphatic heterocycles. The second kappa shape index (κ2) is 4.58. The minimum atomic E-state index is -2.44. The van der Waals surface area contributed by atoms with E-state index in [0.29, 0.717) is 18.8 Å². The normalized spacial score (nSPS) is 67.3. The van der Waals surface area contributed by atoms with Crippen molar-refractivity contribution in [3.05, 3.63) is 11.6 Å². The van der Waals surface area contributed by atoms with Gasteiger partial charge in [0.25, 0.3) is 0 Å². The van der Waals surface area contributed by atoms with E-state index in [-0.39, 0.29) is 29.8 Å². The summed E-state index contributed by atoms with van der Waals surface area (Å²) < 4.78 is 41.3. The first-order chi connectivity index (χ1) is 11.9. The quantitative estimate of drug-likeness (QED) is 0.669. The van der Waals surface area contributed by atoms with E-state index in [9.17, 15) is 10.2 Å². The van der Waals surface area contributed by atoms with Crippen molar-refractivity contribution in [3.63, 3.8) is 0 Å². The lowest BCUT2D eigenvalue weighted by atomic mass is 9.47. The van der Waals surface area contributed by atoms with Crippen LogP contribution in [-0.2, 0) is 0 Å². The number of rotatable bonds is 0. The van der Waals surface area contributed by atoms with Gasteiger partial charge in [-0.3, -0.25) is 0 Å². The van der Waals surface area contributed by atoms with Crippen LogP contribution in [-0.4, -0.2) is 22.4 Å². The molecular weight excluding hydrogens is 260 g/mol. The molecule has 21 heavy (non-hydrogen) atoms. The fourth-order valence-electron chi connectivity index (χ4n) is 5.97. The van der Waals surface area contributed by atoms with Gasteiger partial charge in [-0.25, -0.2) is 0 Å². The van der Waals surface area contributed by atoms with E-state index in [2.05, 4.69) is 6.92 Å². The van der Waals surface area contributed by atoms with Gasteiger partial charge in [0.2, 0.25) is 0 Å². The standard InChI is InChI=1S/C19H30O2/c1-18-9-7-13(20)11-12(18)3-4-14-15-5-6-17(21)19(15,2)10-8-16(14)18/h11,13-17,20-21H,3-10H2,1-2H3/t13-,14-,15-,16-,17-,18-,19-/m0/s1/i2D3,6D,17D/t6?,13-,14-,15-,16-,17-,18-,19-. The van der Waals surface area contributed by atoms with Gasteiger partial charge in [-0.15, -0.1) is 0 Å². The van der Waals surface area contributed by atoms with Gasteiger partial charge in [0, 0.05) is 5.48 Å². The average Bonchev–Trinajstić information content (AvgIpc) is 2.75. The lowest BCUT2D eigenvalue weighted by Gasteiger charge is -2.58. The maximum absolute atomic E-state index is 10.8. The number of aliphatic hydroxyl groups is 2. The highest BCUT2D eigenvalue weighted by Crippen LogP contribution is 2.65. The molecule has 4 aliphatic rings. The van der Waals surface area contributed by atoms with Crippen molar-refractivity contribution < 1.29 is 17.1 Å². The molecule has 3 saturated carbocycles. The Morgan fingerprint density at radius 3 is 2.90 bits per heavy atom. The molecule has 118 valence electrons. The summed E-state index contributed by atoms with van der Waals surface area (Å²) in [6, 6.07) is 0. The van der Waals surface area contributed by atoms with Crippen molar-refractivity contribution in [2.45, 2.75) is 77.3 Å². The molecule has 0 saturated heterocycles. The largest absolute Gasteiger partial charge is 0.393 e. The Hall–Kier alpha value is -0.340. The molecule has 4 aliphatic carbocycles. The van der Waals surface area contributed by atoms with Crippen molar-refractivity contribution >= 4 is 0 Å². The third kappa shape index (κ3) is 1.84. The molecule has 0 aromatic carbocycles. The lowest BCUT2D eigenvalue weighted by molar-refractivity contribution is -0.0761. The molecule has 4 rings (SSSR count). The summed E-state index contributed by atoms with van der Waals surface area (Å²) in [6.45, 7) is -0.182. The Morgan fingerprint density at radius 2 is 2.10 bits per heavy atom. The summed E-state index contributed by atoms with van der Waals surface area (Å²) in [4.78, 5) is 0. The third-order valence-corrected chi connectivity index (χ3v) is 7.19. The van der Waals surface area contributed by atoms with Crippen LogP contribution in [0, 0.1) is 28.6 Å². The van der Waals surface area contributed by atoms with E-state index < -0.39 is 24.7 Å². The number of aliphatic hydroxyl groups excluding tert-OH is 1. The van der Waals surface area contributed by atoms with Gasteiger partial charge in [0.05, 0.1) is 13.6 Å². The lowest BCUT2D eigenvalue weighted by Crippen LogP contribution is -2.51. The minimum absolute atomic E-state index is 0.0245. The highest BCUT2D eigenvalue weighted by atomic mass is 16.3. The predicted molar refractivity (Wildman–Crippen MR) is 83.7 cm³/mol. The molecule has 0 heterocycles. The molecule has 3 fully saturated rings. The molecule has 0 aromatic heterocycles. The molecule has 0 amide bonds. The van der Waals surface area contributed by atoms with Crippen LogP contribution < -0.4 is 0 Å². The van der Waals surface area contributed by atoms with Gasteiger partial charge >= 0.3 is 0 Å². The Labute approximate surface area is 135 Å². The molecule has 0 radical (unpaired) electrons. The SMILES string of the molecule is [2H]C1C[C@H]2[C@@H]3CCC4=C[C@@H](O)CC[C@]4(C)[C@H]3CC[C@]2(C([2H])([2H])[2H])[C@@]1([2H])O. The first-order valence-electron chi connectivity index (χ1n) is 11.1. The summed E-state index contributed by atoms with van der Waals surface area (Å²) in [5.41, 5.74) is -0.205. The Morgan fingerprint density at radius 1 is 1.24 bits per heavy atom. The van der Waals surface area contributed by atoms with E-state index >= 15 is 0 Å². The zero-order valence-electron chi connectivity index (χ0n) is 17.8. The van der Waals surface area contributed by atoms with Crippen molar-refractivity contribution in [1.82, 2.24) is 0 Å². The summed E-state index contributed by atoms with van der Waals surface area (Å²) in [5, 5.41) is 20.9. The van der Waals surface area contributed by atoms with Gasteiger partial charge in [0.1, 0.15) is 0 Å². The fraction of sp³-hybridized carbons (Fsp3) is 0.895. The number of hydrogen-bond donors (Lipinski definition) is 2. The molecule has 0 aromatic rings. The molecule has 2 heteroatoms. The van der Waals surface area contributed by atoms with Crippen LogP contribution in [0.5, 0.6) is 0 Å². The zero-order chi connectivity index (χ0) is 19.1. The Bertz CT molecular complexity index is 630. The molecule has 1 unspecified atom stereocenters. The summed E-state index contributed by atoms with van der Waals surface area (Å²) in [6.07, 6.45) is 2.95. The van der Waals surface area contributed by atoms with Crippen LogP contribution in [0.25, 0.3) is 0 Å². The van der Waals surface area contributed by atoms with Crippen LogP contribution >= 0.6 is 0 Å². The summed E-state index contributed by atoms with van der Waals surface area (Å²) in [7, 11) is 0. The first kappa shape index (κ1) is 9.72. The second-order valence-corrected chi connectivity index (χ2v) is 7.97. The topological polar surface area (TPSA) is 40.5 Å². The number of fused-ring (bicyclic) bond motifs is 5. The van der Waals surface area contributed by atoms with Crippen LogP contribution in [0.1, 0.15) is 72.0 Å². The van der Waals surface area contributed by atoms with E-state index in [0.717, 1.165) is 25.7 Å². The second-order valence-electron chi connectivity index (χ2n) is 7.97. The highest BCUT2D eigenvalue weighted by molar-refractivity contribution is 5.25. The molecule has 8 atom stereocenters. The molecule has 0 spiro atoms. The van der Waals surface area contributed by atoms with Crippen LogP contribution in [0.3, 0.4) is 0 Å². The maximum atomic E-state index is 10.8. The van der Waals surface area contributed by atoms with Crippen LogP contribution in [0.4, 0.5) is 0 Å². The third-order valence-electron chi connectivity index (χ3n) is 7.19. The monoisotopic (exact) mass is 295 g/mol. The van der Waals surface area contributed by atoms with Crippen molar-refractivity contribution in [2.75, 3.05) is 0 Å². The molecular formula is C19H30O2. The minimum Gasteiger partial charge on any atom is -0.393 e. The van der Waals surface area contributed by atoms with Crippen molar-refractivity contribution in [2.24, 2.45) is 28.6 Å². The van der Waals surface area contributed by atoms with Crippen LogP contribution in [0.2, 0.25) is 0 Å². The van der Waals surface area contributed by atoms with Gasteiger partial charge in [-0.1, -0.05) is 25.4 Å². The predicted octanol–water partition coefficient (Wildman–Crippen LogP) is 3.67. The smallest absolute Gasteiger partial charge is 0.0724 e. The molecule has 0 bridgehead atoms. The van der Waals surface area contributed by atoms with Crippen molar-refractivity contribution in [3.8, 4) is 0 Å². The average molecular weight is 295 g/mol. The Kier molecular flexibility index (Phi) is 2.12. The molecule has 2 N–H and O–H groups in total. The Balaban J connectivity index is 1.76.